The molecule has 1 amide bonds. The highest BCUT2D eigenvalue weighted by Gasteiger charge is 2.34. The van der Waals surface area contributed by atoms with Gasteiger partial charge in [-0.15, -0.1) is 0 Å². The number of rotatable bonds is 3. The van der Waals surface area contributed by atoms with Gasteiger partial charge < -0.3 is 9.64 Å². The van der Waals surface area contributed by atoms with Gasteiger partial charge in [-0.1, -0.05) is 18.2 Å². The first-order valence-electron chi connectivity index (χ1n) is 9.23. The van der Waals surface area contributed by atoms with Crippen molar-refractivity contribution < 1.29 is 22.7 Å². The molecule has 2 unspecified atom stereocenters. The summed E-state index contributed by atoms with van der Waals surface area (Å²) in [5, 5.41) is 0. The summed E-state index contributed by atoms with van der Waals surface area (Å²) in [6.07, 6.45) is -3.12. The number of ether oxygens (including phenoxy) is 1. The maximum absolute atomic E-state index is 12.9. The molecule has 4 nitrogen and oxygen atoms in total. The van der Waals surface area contributed by atoms with Crippen molar-refractivity contribution in [3.63, 3.8) is 0 Å². The second-order valence-corrected chi connectivity index (χ2v) is 8.31. The maximum atomic E-state index is 12.9. The van der Waals surface area contributed by atoms with Crippen LogP contribution in [0.2, 0.25) is 0 Å². The van der Waals surface area contributed by atoms with Crippen molar-refractivity contribution in [1.82, 2.24) is 9.80 Å². The molecule has 1 saturated heterocycles. The van der Waals surface area contributed by atoms with Gasteiger partial charge >= 0.3 is 12.3 Å². The molecule has 0 aliphatic carbocycles. The van der Waals surface area contributed by atoms with Crippen molar-refractivity contribution in [2.45, 2.75) is 70.9 Å². The molecule has 1 fully saturated rings. The Morgan fingerprint density at radius 3 is 2.52 bits per heavy atom. The number of alkyl halides is 3. The lowest BCUT2D eigenvalue weighted by Crippen LogP contribution is -2.51. The molecule has 0 radical (unpaired) electrons. The molecular weight excluding hydrogens is 357 g/mol. The lowest BCUT2D eigenvalue weighted by Gasteiger charge is -2.41. The van der Waals surface area contributed by atoms with E-state index < -0.39 is 17.3 Å². The number of halogens is 3. The molecule has 27 heavy (non-hydrogen) atoms. The molecule has 0 aromatic heterocycles. The third-order valence-electron chi connectivity index (χ3n) is 4.79. The normalized spacial score (nSPS) is 21.4. The third-order valence-corrected chi connectivity index (χ3v) is 4.79. The topological polar surface area (TPSA) is 32.8 Å². The zero-order chi connectivity index (χ0) is 20.4. The van der Waals surface area contributed by atoms with Gasteiger partial charge in [-0.25, -0.2) is 4.79 Å². The Morgan fingerprint density at radius 1 is 1.30 bits per heavy atom. The summed E-state index contributed by atoms with van der Waals surface area (Å²) < 4.78 is 44.1. The molecule has 2 rings (SSSR count). The van der Waals surface area contributed by atoms with Crippen molar-refractivity contribution >= 4 is 6.09 Å². The number of carbonyl (C=O) groups excluding carboxylic acids is 1. The van der Waals surface area contributed by atoms with Crippen LogP contribution >= 0.6 is 0 Å². The predicted molar refractivity (Wildman–Crippen MR) is 98.3 cm³/mol. The number of nitrogens with zero attached hydrogens (tertiary/aromatic N) is 2. The van der Waals surface area contributed by atoms with Crippen LogP contribution < -0.4 is 0 Å². The van der Waals surface area contributed by atoms with Crippen molar-refractivity contribution in [3.05, 3.63) is 35.4 Å². The first-order chi connectivity index (χ1) is 12.4. The van der Waals surface area contributed by atoms with Gasteiger partial charge in [0.2, 0.25) is 0 Å². The summed E-state index contributed by atoms with van der Waals surface area (Å²) in [7, 11) is 1.92. The van der Waals surface area contributed by atoms with Gasteiger partial charge in [0.1, 0.15) is 5.60 Å². The Kier molecular flexibility index (Phi) is 6.45. The largest absolute Gasteiger partial charge is 0.444 e. The van der Waals surface area contributed by atoms with Gasteiger partial charge in [0.25, 0.3) is 0 Å². The minimum Gasteiger partial charge on any atom is -0.444 e. The quantitative estimate of drug-likeness (QED) is 0.739. The number of carbonyl (C=O) groups is 1. The summed E-state index contributed by atoms with van der Waals surface area (Å²) >= 11 is 0. The van der Waals surface area contributed by atoms with E-state index in [1.54, 1.807) is 11.0 Å². The van der Waals surface area contributed by atoms with Crippen LogP contribution in [0.25, 0.3) is 0 Å². The molecule has 0 saturated carbocycles. The first-order valence-corrected chi connectivity index (χ1v) is 9.23. The summed E-state index contributed by atoms with van der Waals surface area (Å²) in [6, 6.07) is 5.67. The van der Waals surface area contributed by atoms with Crippen LogP contribution in [0.1, 0.15) is 51.7 Å². The number of hydrogen-bond donors (Lipinski definition) is 0. The monoisotopic (exact) mass is 386 g/mol. The fourth-order valence-electron chi connectivity index (χ4n) is 3.40. The van der Waals surface area contributed by atoms with Crippen LogP contribution in [0.3, 0.4) is 0 Å². The molecular formula is C20H29F3N2O2. The van der Waals surface area contributed by atoms with Crippen molar-refractivity contribution in [2.75, 3.05) is 13.6 Å². The third kappa shape index (κ3) is 6.13. The highest BCUT2D eigenvalue weighted by Crippen LogP contribution is 2.30. The zero-order valence-electron chi connectivity index (χ0n) is 16.6. The van der Waals surface area contributed by atoms with E-state index >= 15 is 0 Å². The molecule has 2 atom stereocenters. The van der Waals surface area contributed by atoms with E-state index in [0.717, 1.165) is 18.9 Å². The second-order valence-electron chi connectivity index (χ2n) is 8.31. The molecule has 152 valence electrons. The summed E-state index contributed by atoms with van der Waals surface area (Å²) in [5.74, 6) is 0. The van der Waals surface area contributed by atoms with Crippen LogP contribution in [-0.4, -0.2) is 47.2 Å². The van der Waals surface area contributed by atoms with Crippen molar-refractivity contribution in [3.8, 4) is 0 Å². The number of amides is 1. The summed E-state index contributed by atoms with van der Waals surface area (Å²) in [4.78, 5) is 16.1. The van der Waals surface area contributed by atoms with Crippen LogP contribution in [0.4, 0.5) is 18.0 Å². The summed E-state index contributed by atoms with van der Waals surface area (Å²) in [6.45, 7) is 8.51. The van der Waals surface area contributed by atoms with E-state index in [4.69, 9.17) is 4.74 Å². The molecule has 1 aliphatic heterocycles. The average Bonchev–Trinajstić information content (AvgIpc) is 2.52. The molecule has 0 N–H and O–H groups in total. The SMILES string of the molecule is CC1CC(N(C)Cc2cccc(C(F)(F)F)c2)CCN1C(=O)OC(C)(C)C. The Labute approximate surface area is 159 Å². The fraction of sp³-hybridized carbons (Fsp3) is 0.650. The Bertz CT molecular complexity index is 655. The Morgan fingerprint density at radius 2 is 1.96 bits per heavy atom. The van der Waals surface area contributed by atoms with E-state index in [9.17, 15) is 18.0 Å². The predicted octanol–water partition coefficient (Wildman–Crippen LogP) is 4.93. The molecule has 1 aliphatic rings. The van der Waals surface area contributed by atoms with Gasteiger partial charge in [-0.2, -0.15) is 13.2 Å². The van der Waals surface area contributed by atoms with E-state index in [-0.39, 0.29) is 18.2 Å². The van der Waals surface area contributed by atoms with Crippen molar-refractivity contribution in [2.24, 2.45) is 0 Å². The Hall–Kier alpha value is -1.76. The van der Waals surface area contributed by atoms with Gasteiger partial charge in [-0.3, -0.25) is 4.90 Å². The molecule has 0 spiro atoms. The molecule has 1 aromatic rings. The standard InChI is InChI=1S/C20H29F3N2O2/c1-14-11-17(9-10-25(14)18(26)27-19(2,3)4)24(5)13-15-7-6-8-16(12-15)20(21,22)23/h6-8,12,14,17H,9-11,13H2,1-5H3. The van der Waals surface area contributed by atoms with Crippen LogP contribution in [-0.2, 0) is 17.5 Å². The fourth-order valence-corrected chi connectivity index (χ4v) is 3.40. The number of hydrogen-bond acceptors (Lipinski definition) is 3. The first kappa shape index (κ1) is 21.5. The zero-order valence-corrected chi connectivity index (χ0v) is 16.6. The van der Waals surface area contributed by atoms with Crippen LogP contribution in [0.15, 0.2) is 24.3 Å². The second kappa shape index (κ2) is 8.09. The lowest BCUT2D eigenvalue weighted by atomic mass is 9.97. The minimum absolute atomic E-state index is 0.0163. The highest BCUT2D eigenvalue weighted by atomic mass is 19.4. The molecule has 1 heterocycles. The average molecular weight is 386 g/mol. The molecule has 0 bridgehead atoms. The van der Waals surface area contributed by atoms with Crippen molar-refractivity contribution in [1.29, 1.82) is 0 Å². The number of likely N-dealkylation sites (tertiary alicyclic amines) is 1. The van der Waals surface area contributed by atoms with E-state index in [1.165, 1.54) is 12.1 Å². The van der Waals surface area contributed by atoms with Crippen LogP contribution in [0, 0.1) is 0 Å². The van der Waals surface area contributed by atoms with E-state index in [1.807, 2.05) is 34.7 Å². The smallest absolute Gasteiger partial charge is 0.416 e. The number of piperidine rings is 1. The summed E-state index contributed by atoms with van der Waals surface area (Å²) in [5.41, 5.74) is -0.524. The lowest BCUT2D eigenvalue weighted by molar-refractivity contribution is -0.137. The van der Waals surface area contributed by atoms with Gasteiger partial charge in [0, 0.05) is 25.2 Å². The molecule has 1 aromatic carbocycles. The number of benzene rings is 1. The minimum atomic E-state index is -4.33. The Balaban J connectivity index is 1.96. The van der Waals surface area contributed by atoms with E-state index in [2.05, 4.69) is 4.90 Å². The van der Waals surface area contributed by atoms with Gasteiger partial charge in [0.05, 0.1) is 5.56 Å². The molecule has 7 heteroatoms. The van der Waals surface area contributed by atoms with Crippen LogP contribution in [0.5, 0.6) is 0 Å². The van der Waals surface area contributed by atoms with Gasteiger partial charge in [-0.05, 0) is 59.2 Å². The van der Waals surface area contributed by atoms with E-state index in [0.29, 0.717) is 18.7 Å². The maximum Gasteiger partial charge on any atom is 0.416 e. The van der Waals surface area contributed by atoms with Gasteiger partial charge in [0.15, 0.2) is 0 Å². The highest BCUT2D eigenvalue weighted by molar-refractivity contribution is 5.68.